The summed E-state index contributed by atoms with van der Waals surface area (Å²) in [6.45, 7) is 9.32. The summed E-state index contributed by atoms with van der Waals surface area (Å²) >= 11 is 2.23. The molecule has 1 atom stereocenters. The number of hydrogen-bond donors (Lipinski definition) is 1. The minimum Gasteiger partial charge on any atom is -0.497 e. The first-order valence-electron chi connectivity index (χ1n) is 14.3. The lowest BCUT2D eigenvalue weighted by Gasteiger charge is -2.25. The number of methoxy groups -OCH3 is 1. The van der Waals surface area contributed by atoms with Crippen molar-refractivity contribution in [3.8, 4) is 5.75 Å². The van der Waals surface area contributed by atoms with Crippen LogP contribution in [0, 0.1) is 3.57 Å². The normalized spacial score (nSPS) is 12.0. The summed E-state index contributed by atoms with van der Waals surface area (Å²) in [6, 6.07) is 21.6. The van der Waals surface area contributed by atoms with Crippen LogP contribution in [0.5, 0.6) is 5.75 Å². The molecule has 44 heavy (non-hydrogen) atoms. The van der Waals surface area contributed by atoms with Gasteiger partial charge in [0.15, 0.2) is 0 Å². The zero-order chi connectivity index (χ0) is 32.0. The number of nitrogens with zero attached hydrogens (tertiary/aromatic N) is 2. The fourth-order valence-electron chi connectivity index (χ4n) is 5.10. The highest BCUT2D eigenvalue weighted by atomic mass is 127. The zero-order valence-corrected chi connectivity index (χ0v) is 27.9. The number of anilines is 1. The molecule has 0 aliphatic carbocycles. The third kappa shape index (κ3) is 7.88. The highest BCUT2D eigenvalue weighted by molar-refractivity contribution is 14.1. The molecule has 1 N–H and O–H groups in total. The largest absolute Gasteiger partial charge is 0.497 e. The Hall–Kier alpha value is -4.12. The molecule has 1 heterocycles. The maximum absolute atomic E-state index is 13.9. The van der Waals surface area contributed by atoms with E-state index in [9.17, 15) is 14.4 Å². The van der Waals surface area contributed by atoms with Crippen LogP contribution in [0.4, 0.5) is 10.5 Å². The van der Waals surface area contributed by atoms with Crippen LogP contribution in [0.1, 0.15) is 37.6 Å². The number of carbonyl (C=O) groups excluding carboxylic acids is 3. The van der Waals surface area contributed by atoms with Crippen molar-refractivity contribution in [1.82, 2.24) is 9.88 Å². The van der Waals surface area contributed by atoms with Gasteiger partial charge in [0.1, 0.15) is 17.4 Å². The first kappa shape index (κ1) is 32.8. The first-order valence-corrected chi connectivity index (χ1v) is 15.4. The van der Waals surface area contributed by atoms with Gasteiger partial charge in [-0.2, -0.15) is 0 Å². The smallest absolute Gasteiger partial charge is 0.419 e. The lowest BCUT2D eigenvalue weighted by Crippen LogP contribution is -2.49. The number of nitrogens with one attached hydrogen (secondary N) is 1. The van der Waals surface area contributed by atoms with E-state index >= 15 is 0 Å². The Morgan fingerprint density at radius 1 is 1.05 bits per heavy atom. The topological polar surface area (TPSA) is 89.9 Å². The fourth-order valence-corrected chi connectivity index (χ4v) is 5.70. The molecule has 2 amide bonds. The van der Waals surface area contributed by atoms with Crippen molar-refractivity contribution in [2.45, 2.75) is 51.7 Å². The molecule has 9 heteroatoms. The van der Waals surface area contributed by atoms with E-state index < -0.39 is 17.7 Å². The molecule has 0 saturated carbocycles. The lowest BCUT2D eigenvalue weighted by molar-refractivity contribution is -0.127. The predicted molar refractivity (Wildman–Crippen MR) is 182 cm³/mol. The lowest BCUT2D eigenvalue weighted by atomic mass is 10.0. The van der Waals surface area contributed by atoms with Gasteiger partial charge >= 0.3 is 6.09 Å². The molecule has 0 radical (unpaired) electrons. The molecular weight excluding hydrogens is 669 g/mol. The molecule has 8 nitrogen and oxygen atoms in total. The summed E-state index contributed by atoms with van der Waals surface area (Å²) in [5.74, 6) is 0.0820. The molecule has 0 aliphatic rings. The highest BCUT2D eigenvalue weighted by Gasteiger charge is 2.29. The van der Waals surface area contributed by atoms with Gasteiger partial charge in [-0.1, -0.05) is 36.4 Å². The number of hydrogen-bond acceptors (Lipinski definition) is 5. The highest BCUT2D eigenvalue weighted by Crippen LogP contribution is 2.29. The Kier molecular flexibility index (Phi) is 10.5. The summed E-state index contributed by atoms with van der Waals surface area (Å²) in [6.07, 6.45) is 1.79. The molecule has 0 spiro atoms. The molecule has 0 aliphatic heterocycles. The number of para-hydroxylation sites is 1. The molecule has 1 aromatic heterocycles. The van der Waals surface area contributed by atoms with Crippen LogP contribution >= 0.6 is 22.6 Å². The number of fused-ring (bicyclic) bond motifs is 1. The molecule has 0 bridgehead atoms. The van der Waals surface area contributed by atoms with Crippen LogP contribution < -0.4 is 15.0 Å². The van der Waals surface area contributed by atoms with Crippen LogP contribution in [0.2, 0.25) is 0 Å². The Bertz CT molecular complexity index is 1670. The van der Waals surface area contributed by atoms with E-state index in [2.05, 4.69) is 34.5 Å². The number of aromatic nitrogens is 1. The van der Waals surface area contributed by atoms with Gasteiger partial charge in [0, 0.05) is 40.2 Å². The number of benzene rings is 3. The number of rotatable bonds is 10. The summed E-state index contributed by atoms with van der Waals surface area (Å²) in [5.41, 5.74) is 2.85. The van der Waals surface area contributed by atoms with E-state index in [-0.39, 0.29) is 18.2 Å². The average Bonchev–Trinajstić information content (AvgIpc) is 3.28. The summed E-state index contributed by atoms with van der Waals surface area (Å²) in [4.78, 5) is 42.6. The quantitative estimate of drug-likeness (QED) is 0.147. The molecular formula is C35H38IN3O5. The van der Waals surface area contributed by atoms with Crippen LogP contribution in [-0.4, -0.2) is 48.3 Å². The summed E-state index contributed by atoms with van der Waals surface area (Å²) in [7, 11) is 3.27. The van der Waals surface area contributed by atoms with Gasteiger partial charge in [0.25, 0.3) is 0 Å². The fraction of sp³-hybridized carbons (Fsp3) is 0.286. The molecule has 4 rings (SSSR count). The van der Waals surface area contributed by atoms with E-state index in [0.717, 1.165) is 14.5 Å². The maximum atomic E-state index is 13.9. The van der Waals surface area contributed by atoms with Crippen molar-refractivity contribution in [2.75, 3.05) is 19.1 Å². The van der Waals surface area contributed by atoms with Gasteiger partial charge in [-0.05, 0) is 97.0 Å². The van der Waals surface area contributed by atoms with Crippen LogP contribution in [0.15, 0.2) is 85.5 Å². The third-order valence-corrected chi connectivity index (χ3v) is 7.76. The average molecular weight is 708 g/mol. The predicted octanol–water partition coefficient (Wildman–Crippen LogP) is 6.70. The van der Waals surface area contributed by atoms with Crippen molar-refractivity contribution in [2.24, 2.45) is 0 Å². The number of amides is 2. The summed E-state index contributed by atoms with van der Waals surface area (Å²) in [5, 5.41) is 3.77. The van der Waals surface area contributed by atoms with E-state index in [1.54, 1.807) is 44.5 Å². The molecule has 3 aromatic carbocycles. The van der Waals surface area contributed by atoms with Crippen LogP contribution in [0.25, 0.3) is 10.9 Å². The minimum atomic E-state index is -0.838. The van der Waals surface area contributed by atoms with Gasteiger partial charge in [-0.25, -0.2) is 9.36 Å². The van der Waals surface area contributed by atoms with Crippen molar-refractivity contribution >= 4 is 57.1 Å². The van der Waals surface area contributed by atoms with Crippen molar-refractivity contribution in [3.05, 3.63) is 106 Å². The molecule has 0 fully saturated rings. The van der Waals surface area contributed by atoms with E-state index in [4.69, 9.17) is 9.47 Å². The SMILES string of the molecule is C=CCc1c(CC(=O)N[C@@H](Cc2cccc(I)c2)C(=O)N(C)c2ccc(OC)cc2)c2ccccc2n1C(=O)OC(C)(C)C. The zero-order valence-electron chi connectivity index (χ0n) is 25.7. The van der Waals surface area contributed by atoms with Gasteiger partial charge < -0.3 is 19.7 Å². The molecule has 0 unspecified atom stereocenters. The van der Waals surface area contributed by atoms with Gasteiger partial charge in [-0.3, -0.25) is 9.59 Å². The number of likely N-dealkylation sites (N-methyl/N-ethyl adjacent to an activating group) is 1. The number of ether oxygens (including phenoxy) is 2. The minimum absolute atomic E-state index is 0.0398. The Balaban J connectivity index is 1.68. The second-order valence-electron chi connectivity index (χ2n) is 11.5. The third-order valence-electron chi connectivity index (χ3n) is 7.09. The first-order chi connectivity index (χ1) is 20.9. The van der Waals surface area contributed by atoms with Crippen LogP contribution in [-0.2, 0) is 33.6 Å². The van der Waals surface area contributed by atoms with Gasteiger partial charge in [0.2, 0.25) is 11.8 Å². The van der Waals surface area contributed by atoms with Gasteiger partial charge in [0.05, 0.1) is 19.0 Å². The van der Waals surface area contributed by atoms with E-state index in [1.165, 1.54) is 9.47 Å². The van der Waals surface area contributed by atoms with Crippen molar-refractivity contribution < 1.29 is 23.9 Å². The number of halogens is 1. The van der Waals surface area contributed by atoms with E-state index in [1.807, 2.05) is 69.3 Å². The molecule has 4 aromatic rings. The number of allylic oxidation sites excluding steroid dienone is 1. The monoisotopic (exact) mass is 707 g/mol. The Morgan fingerprint density at radius 2 is 1.75 bits per heavy atom. The van der Waals surface area contributed by atoms with Crippen LogP contribution in [0.3, 0.4) is 0 Å². The maximum Gasteiger partial charge on any atom is 0.419 e. The second-order valence-corrected chi connectivity index (χ2v) is 12.7. The number of carbonyl (C=O) groups is 3. The van der Waals surface area contributed by atoms with Crippen molar-refractivity contribution in [3.63, 3.8) is 0 Å². The Morgan fingerprint density at radius 3 is 2.39 bits per heavy atom. The van der Waals surface area contributed by atoms with Gasteiger partial charge in [-0.15, -0.1) is 6.58 Å². The summed E-state index contributed by atoms with van der Waals surface area (Å²) < 4.78 is 13.5. The molecule has 230 valence electrons. The standard InChI is InChI=1S/C35H38IN3O5/c1-7-11-30-28(27-14-8-9-15-31(27)39(30)34(42)44-35(2,3)4)22-32(40)37-29(21-23-12-10-13-24(36)20-23)33(41)38(5)25-16-18-26(43-6)19-17-25/h7-10,12-20,29H,1,11,21-22H2,2-6H3,(H,37,40)/t29-/m0/s1. The van der Waals surface area contributed by atoms with Crippen molar-refractivity contribution in [1.29, 1.82) is 0 Å². The second kappa shape index (κ2) is 14.1. The Labute approximate surface area is 272 Å². The molecule has 0 saturated heterocycles. The van der Waals surface area contributed by atoms with E-state index in [0.29, 0.717) is 41.1 Å².